The van der Waals surface area contributed by atoms with Crippen LogP contribution in [0.2, 0.25) is 0 Å². The van der Waals surface area contributed by atoms with Crippen LogP contribution in [0.25, 0.3) is 0 Å². The monoisotopic (exact) mass is 331 g/mol. The van der Waals surface area contributed by atoms with E-state index < -0.39 is 8.07 Å². The molecule has 0 spiro atoms. The van der Waals surface area contributed by atoms with Gasteiger partial charge in [0.2, 0.25) is 0 Å². The molecule has 0 saturated carbocycles. The molecule has 58 valence electrons. The fourth-order valence-corrected chi connectivity index (χ4v) is 1.50. The molecule has 0 aliphatic heterocycles. The molecule has 2 heteroatoms. The van der Waals surface area contributed by atoms with Gasteiger partial charge in [-0.2, -0.15) is 0 Å². The Morgan fingerprint density at radius 3 is 0.900 bits per heavy atom. The molecule has 0 bridgehead atoms. The third-order valence-corrected chi connectivity index (χ3v) is 4.24. The molecule has 0 rings (SSSR count). The Labute approximate surface area is 78.3 Å². The number of rotatable bonds is 4. The maximum Gasteiger partial charge on any atom is 0.148 e. The molecule has 0 unspecified atom stereocenters. The zero-order valence-electron chi connectivity index (χ0n) is 5.95. The summed E-state index contributed by atoms with van der Waals surface area (Å²) in [6.07, 6.45) is 0. The van der Waals surface area contributed by atoms with E-state index in [2.05, 4.69) is 26.3 Å². The van der Waals surface area contributed by atoms with Crippen LogP contribution in [-0.4, -0.2) is 8.07 Å². The van der Waals surface area contributed by atoms with Crippen molar-refractivity contribution in [3.05, 3.63) is 49.1 Å². The van der Waals surface area contributed by atoms with Gasteiger partial charge in [-0.05, 0) is 0 Å². The minimum atomic E-state index is -1.64. The maximum atomic E-state index is 3.69. The van der Waals surface area contributed by atoms with E-state index in [1.54, 1.807) is 0 Å². The van der Waals surface area contributed by atoms with Gasteiger partial charge in [-0.1, -0.05) is 22.8 Å². The van der Waals surface area contributed by atoms with Crippen molar-refractivity contribution < 1.29 is 21.1 Å². The second kappa shape index (κ2) is 5.64. The zero-order valence-corrected chi connectivity index (χ0v) is 9.23. The van der Waals surface area contributed by atoms with Crippen LogP contribution in [0.15, 0.2) is 49.1 Å². The second-order valence-corrected chi connectivity index (χ2v) is 5.45. The van der Waals surface area contributed by atoms with E-state index in [1.165, 1.54) is 0 Å². The Morgan fingerprint density at radius 2 is 0.900 bits per heavy atom. The minimum absolute atomic E-state index is 0. The molecule has 0 saturated heterocycles. The summed E-state index contributed by atoms with van der Waals surface area (Å²) >= 11 is 0. The van der Waals surface area contributed by atoms with Crippen molar-refractivity contribution in [2.24, 2.45) is 0 Å². The first-order chi connectivity index (χ1) is 4.24. The van der Waals surface area contributed by atoms with Crippen molar-refractivity contribution in [3.63, 3.8) is 0 Å². The molecular formula is C8H12PtSi. The Balaban J connectivity index is 0. The fourth-order valence-electron chi connectivity index (χ4n) is 0.500. The summed E-state index contributed by atoms with van der Waals surface area (Å²) in [7, 11) is -1.64. The maximum absolute atomic E-state index is 3.69. The van der Waals surface area contributed by atoms with E-state index in [0.717, 1.165) is 0 Å². The Bertz CT molecular complexity index is 112. The van der Waals surface area contributed by atoms with Crippen molar-refractivity contribution >= 4 is 8.07 Å². The molecule has 0 N–H and O–H groups in total. The van der Waals surface area contributed by atoms with E-state index in [9.17, 15) is 0 Å². The molecule has 0 aliphatic rings. The van der Waals surface area contributed by atoms with Crippen molar-refractivity contribution in [1.82, 2.24) is 0 Å². The SMILES string of the molecule is C=C[Si](C=C)(C=C)C=C.[Pt]. The summed E-state index contributed by atoms with van der Waals surface area (Å²) in [5.41, 5.74) is 7.56. The molecule has 0 heterocycles. The van der Waals surface area contributed by atoms with Crippen molar-refractivity contribution in [1.29, 1.82) is 0 Å². The van der Waals surface area contributed by atoms with Gasteiger partial charge in [-0.15, -0.1) is 26.3 Å². The molecule has 0 aliphatic carbocycles. The minimum Gasteiger partial charge on any atom is -0.106 e. The van der Waals surface area contributed by atoms with Gasteiger partial charge < -0.3 is 0 Å². The first-order valence-electron chi connectivity index (χ1n) is 2.79. The van der Waals surface area contributed by atoms with Crippen LogP contribution in [0.5, 0.6) is 0 Å². The van der Waals surface area contributed by atoms with Crippen molar-refractivity contribution in [2.75, 3.05) is 0 Å². The Kier molecular flexibility index (Phi) is 7.06. The van der Waals surface area contributed by atoms with Gasteiger partial charge in [-0.25, -0.2) is 0 Å². The zero-order chi connectivity index (χ0) is 7.33. The third kappa shape index (κ3) is 2.63. The molecule has 0 aromatic carbocycles. The molecule has 0 nitrogen and oxygen atoms in total. The van der Waals surface area contributed by atoms with Gasteiger partial charge in [0, 0.05) is 21.1 Å². The predicted molar refractivity (Wildman–Crippen MR) is 46.5 cm³/mol. The van der Waals surface area contributed by atoms with Crippen molar-refractivity contribution in [3.8, 4) is 0 Å². The summed E-state index contributed by atoms with van der Waals surface area (Å²) in [5.74, 6) is 0. The average Bonchev–Trinajstić information content (AvgIpc) is 1.95. The van der Waals surface area contributed by atoms with Gasteiger partial charge in [0.25, 0.3) is 0 Å². The first kappa shape index (κ1) is 12.5. The predicted octanol–water partition coefficient (Wildman–Crippen LogP) is 2.33. The molecule has 0 amide bonds. The molecule has 0 atom stereocenters. The van der Waals surface area contributed by atoms with Crippen LogP contribution in [0.1, 0.15) is 0 Å². The van der Waals surface area contributed by atoms with E-state index in [-0.39, 0.29) is 21.1 Å². The van der Waals surface area contributed by atoms with Gasteiger partial charge in [0.05, 0.1) is 0 Å². The smallest absolute Gasteiger partial charge is 0.106 e. The van der Waals surface area contributed by atoms with Crippen LogP contribution < -0.4 is 0 Å². The first-order valence-corrected chi connectivity index (χ1v) is 5.10. The van der Waals surface area contributed by atoms with Crippen molar-refractivity contribution in [2.45, 2.75) is 0 Å². The summed E-state index contributed by atoms with van der Waals surface area (Å²) in [4.78, 5) is 0. The van der Waals surface area contributed by atoms with Gasteiger partial charge in [-0.3, -0.25) is 0 Å². The topological polar surface area (TPSA) is 0 Å². The second-order valence-electron chi connectivity index (χ2n) is 1.82. The normalized spacial score (nSPS) is 8.80. The van der Waals surface area contributed by atoms with Crippen LogP contribution in [-0.2, 0) is 21.1 Å². The molecule has 0 radical (unpaired) electrons. The molecule has 0 aromatic heterocycles. The van der Waals surface area contributed by atoms with Gasteiger partial charge >= 0.3 is 0 Å². The molecule has 10 heavy (non-hydrogen) atoms. The largest absolute Gasteiger partial charge is 0.148 e. The van der Waals surface area contributed by atoms with E-state index in [1.807, 2.05) is 22.8 Å². The quantitative estimate of drug-likeness (QED) is 0.694. The summed E-state index contributed by atoms with van der Waals surface area (Å²) < 4.78 is 0. The van der Waals surface area contributed by atoms with Crippen LogP contribution >= 0.6 is 0 Å². The standard InChI is InChI=1S/C8H12Si.Pt/c1-5-9(6-2,7-3)8-4;/h5-8H,1-4H2;. The average molecular weight is 331 g/mol. The van der Waals surface area contributed by atoms with Crippen LogP contribution in [0.4, 0.5) is 0 Å². The van der Waals surface area contributed by atoms with Crippen LogP contribution in [0.3, 0.4) is 0 Å². The number of hydrogen-bond acceptors (Lipinski definition) is 0. The Morgan fingerprint density at radius 1 is 0.700 bits per heavy atom. The number of hydrogen-bond donors (Lipinski definition) is 0. The summed E-state index contributed by atoms with van der Waals surface area (Å²) in [5, 5.41) is 0. The summed E-state index contributed by atoms with van der Waals surface area (Å²) in [6.45, 7) is 14.8. The molecule has 0 fully saturated rings. The summed E-state index contributed by atoms with van der Waals surface area (Å²) in [6, 6.07) is 0. The molecular weight excluding hydrogens is 319 g/mol. The van der Waals surface area contributed by atoms with E-state index >= 15 is 0 Å². The Hall–Kier alpha value is -0.135. The van der Waals surface area contributed by atoms with E-state index in [0.29, 0.717) is 0 Å². The fraction of sp³-hybridized carbons (Fsp3) is 0. The third-order valence-electron chi connectivity index (χ3n) is 1.41. The van der Waals surface area contributed by atoms with Gasteiger partial charge in [0.1, 0.15) is 8.07 Å². The van der Waals surface area contributed by atoms with E-state index in [4.69, 9.17) is 0 Å². The van der Waals surface area contributed by atoms with Crippen LogP contribution in [0, 0.1) is 0 Å². The molecule has 0 aromatic rings. The van der Waals surface area contributed by atoms with Gasteiger partial charge in [0.15, 0.2) is 0 Å².